The smallest absolute Gasteiger partial charge is 0.293 e. The number of thioether (sulfide) groups is 1. The van der Waals surface area contributed by atoms with Crippen molar-refractivity contribution in [2.24, 2.45) is 0 Å². The lowest BCUT2D eigenvalue weighted by Gasteiger charge is -2.11. The van der Waals surface area contributed by atoms with E-state index in [1.807, 2.05) is 0 Å². The largest absolute Gasteiger partial charge is 0.493 e. The lowest BCUT2D eigenvalue weighted by molar-refractivity contribution is -0.385. The monoisotopic (exact) mass is 368 g/mol. The van der Waals surface area contributed by atoms with E-state index in [1.165, 1.54) is 39.5 Å². The van der Waals surface area contributed by atoms with E-state index in [0.29, 0.717) is 0 Å². The number of methoxy groups -OCH3 is 3. The summed E-state index contributed by atoms with van der Waals surface area (Å²) in [4.78, 5) is 36.1. The molecule has 0 bridgehead atoms. The maximum Gasteiger partial charge on any atom is 0.293 e. The van der Waals surface area contributed by atoms with Crippen LogP contribution in [0.4, 0.5) is 10.5 Å². The minimum atomic E-state index is -0.594. The van der Waals surface area contributed by atoms with Gasteiger partial charge in [-0.2, -0.15) is 0 Å². The second kappa shape index (κ2) is 7.99. The number of carbonyl (C=O) groups is 2. The molecule has 134 valence electrons. The van der Waals surface area contributed by atoms with E-state index in [-0.39, 0.29) is 40.8 Å². The third kappa shape index (κ3) is 3.91. The summed E-state index contributed by atoms with van der Waals surface area (Å²) in [5.41, 5.74) is -0.124. The zero-order chi connectivity index (χ0) is 18.6. The van der Waals surface area contributed by atoms with Crippen LogP contribution >= 0.6 is 11.8 Å². The van der Waals surface area contributed by atoms with Crippen LogP contribution in [0.15, 0.2) is 17.0 Å². The molecule has 1 heterocycles. The van der Waals surface area contributed by atoms with Crippen molar-refractivity contribution in [1.29, 1.82) is 0 Å². The Hall–Kier alpha value is -2.59. The molecule has 0 unspecified atom stereocenters. The van der Waals surface area contributed by atoms with Gasteiger partial charge in [0.2, 0.25) is 0 Å². The van der Waals surface area contributed by atoms with Crippen LogP contribution in [0.1, 0.15) is 5.56 Å². The number of rotatable bonds is 7. The molecular formula is C15H16N2O7S. The van der Waals surface area contributed by atoms with Gasteiger partial charge in [-0.25, -0.2) is 0 Å². The van der Waals surface area contributed by atoms with E-state index in [0.717, 1.165) is 16.7 Å². The highest BCUT2D eigenvalue weighted by Crippen LogP contribution is 2.38. The van der Waals surface area contributed by atoms with Crippen molar-refractivity contribution in [3.8, 4) is 11.5 Å². The summed E-state index contributed by atoms with van der Waals surface area (Å²) in [5, 5.41) is 10.9. The van der Waals surface area contributed by atoms with Gasteiger partial charge in [-0.3, -0.25) is 24.6 Å². The minimum Gasteiger partial charge on any atom is -0.493 e. The Labute approximate surface area is 147 Å². The topological polar surface area (TPSA) is 108 Å². The molecule has 0 aliphatic carbocycles. The van der Waals surface area contributed by atoms with E-state index in [1.54, 1.807) is 0 Å². The van der Waals surface area contributed by atoms with Crippen molar-refractivity contribution in [2.45, 2.75) is 0 Å². The van der Waals surface area contributed by atoms with Gasteiger partial charge in [0.25, 0.3) is 16.8 Å². The Kier molecular flexibility index (Phi) is 5.99. The molecular weight excluding hydrogens is 352 g/mol. The van der Waals surface area contributed by atoms with Crippen LogP contribution in [0.2, 0.25) is 0 Å². The standard InChI is InChI=1S/C15H16N2O7S/c1-22-5-4-16-14(18)13(25-15(16)19)7-9-6-11(23-2)12(24-3)8-10(9)17(20)21/h6-8H,4-5H2,1-3H3/b13-7+. The zero-order valence-corrected chi connectivity index (χ0v) is 14.6. The van der Waals surface area contributed by atoms with Crippen LogP contribution in [0.25, 0.3) is 6.08 Å². The van der Waals surface area contributed by atoms with E-state index in [4.69, 9.17) is 14.2 Å². The van der Waals surface area contributed by atoms with Gasteiger partial charge in [-0.15, -0.1) is 0 Å². The van der Waals surface area contributed by atoms with Crippen LogP contribution < -0.4 is 9.47 Å². The maximum absolute atomic E-state index is 12.3. The molecule has 9 nitrogen and oxygen atoms in total. The Balaban J connectivity index is 2.44. The van der Waals surface area contributed by atoms with Crippen molar-refractivity contribution in [3.05, 3.63) is 32.7 Å². The number of amides is 2. The first kappa shape index (κ1) is 18.7. The van der Waals surface area contributed by atoms with Gasteiger partial charge in [0.05, 0.1) is 48.8 Å². The van der Waals surface area contributed by atoms with Crippen molar-refractivity contribution >= 4 is 34.7 Å². The van der Waals surface area contributed by atoms with E-state index >= 15 is 0 Å². The molecule has 0 atom stereocenters. The first-order chi connectivity index (χ1) is 11.9. The Morgan fingerprint density at radius 1 is 1.20 bits per heavy atom. The Morgan fingerprint density at radius 3 is 2.40 bits per heavy atom. The number of imide groups is 1. The molecule has 0 aromatic heterocycles. The molecule has 2 amide bonds. The number of hydrogen-bond acceptors (Lipinski definition) is 8. The molecule has 1 aliphatic rings. The van der Waals surface area contributed by atoms with Crippen molar-refractivity contribution in [3.63, 3.8) is 0 Å². The molecule has 1 fully saturated rings. The molecule has 2 rings (SSSR count). The van der Waals surface area contributed by atoms with Gasteiger partial charge in [0.1, 0.15) is 0 Å². The molecule has 0 radical (unpaired) electrons. The Bertz CT molecular complexity index is 748. The highest BCUT2D eigenvalue weighted by molar-refractivity contribution is 8.18. The fraction of sp³-hybridized carbons (Fsp3) is 0.333. The van der Waals surface area contributed by atoms with Gasteiger partial charge in [0.15, 0.2) is 11.5 Å². The zero-order valence-electron chi connectivity index (χ0n) is 13.8. The molecule has 1 saturated heterocycles. The summed E-state index contributed by atoms with van der Waals surface area (Å²) < 4.78 is 15.1. The van der Waals surface area contributed by atoms with Crippen LogP contribution in [0.3, 0.4) is 0 Å². The lowest BCUT2D eigenvalue weighted by atomic mass is 10.1. The van der Waals surface area contributed by atoms with E-state index < -0.39 is 16.1 Å². The van der Waals surface area contributed by atoms with Gasteiger partial charge >= 0.3 is 0 Å². The summed E-state index contributed by atoms with van der Waals surface area (Å²) in [6.07, 6.45) is 1.30. The van der Waals surface area contributed by atoms with Gasteiger partial charge in [-0.1, -0.05) is 0 Å². The number of carbonyl (C=O) groups excluding carboxylic acids is 2. The average Bonchev–Trinajstić information content (AvgIpc) is 2.85. The normalized spacial score (nSPS) is 15.8. The summed E-state index contributed by atoms with van der Waals surface area (Å²) in [7, 11) is 4.22. The molecule has 1 aromatic rings. The van der Waals surface area contributed by atoms with E-state index in [9.17, 15) is 19.7 Å². The summed E-state index contributed by atoms with van der Waals surface area (Å²) >= 11 is 0.719. The fourth-order valence-corrected chi connectivity index (χ4v) is 3.03. The molecule has 0 N–H and O–H groups in total. The first-order valence-corrected chi connectivity index (χ1v) is 7.89. The third-order valence-electron chi connectivity index (χ3n) is 3.41. The quantitative estimate of drug-likeness (QED) is 0.410. The maximum atomic E-state index is 12.3. The van der Waals surface area contributed by atoms with Crippen molar-refractivity contribution < 1.29 is 28.7 Å². The molecule has 0 saturated carbocycles. The van der Waals surface area contributed by atoms with Crippen molar-refractivity contribution in [2.75, 3.05) is 34.5 Å². The second-order valence-electron chi connectivity index (χ2n) is 4.85. The number of benzene rings is 1. The van der Waals surface area contributed by atoms with Crippen LogP contribution in [-0.2, 0) is 9.53 Å². The minimum absolute atomic E-state index is 0.0939. The predicted octanol–water partition coefficient (Wildman–Crippen LogP) is 2.29. The predicted molar refractivity (Wildman–Crippen MR) is 90.8 cm³/mol. The van der Waals surface area contributed by atoms with Crippen LogP contribution in [0.5, 0.6) is 11.5 Å². The lowest BCUT2D eigenvalue weighted by Crippen LogP contribution is -2.31. The van der Waals surface area contributed by atoms with Gasteiger partial charge in [-0.05, 0) is 23.9 Å². The fourth-order valence-electron chi connectivity index (χ4n) is 2.17. The SMILES string of the molecule is COCCN1C(=O)S/C(=C/c2cc(OC)c(OC)cc2[N+](=O)[O-])C1=O. The molecule has 0 spiro atoms. The average molecular weight is 368 g/mol. The summed E-state index contributed by atoms with van der Waals surface area (Å²) in [6.45, 7) is 0.328. The number of hydrogen-bond donors (Lipinski definition) is 0. The van der Waals surface area contributed by atoms with Gasteiger partial charge < -0.3 is 14.2 Å². The highest BCUT2D eigenvalue weighted by atomic mass is 32.2. The van der Waals surface area contributed by atoms with Crippen molar-refractivity contribution in [1.82, 2.24) is 4.90 Å². The first-order valence-electron chi connectivity index (χ1n) is 7.07. The van der Waals surface area contributed by atoms with Gasteiger partial charge in [0, 0.05) is 7.11 Å². The second-order valence-corrected chi connectivity index (χ2v) is 5.84. The number of nitro groups is 1. The number of nitrogens with zero attached hydrogens (tertiary/aromatic N) is 2. The van der Waals surface area contributed by atoms with Crippen LogP contribution in [0, 0.1) is 10.1 Å². The number of nitro benzene ring substituents is 1. The summed E-state index contributed by atoms with van der Waals surface area (Å²) in [6, 6.07) is 2.60. The molecule has 25 heavy (non-hydrogen) atoms. The Morgan fingerprint density at radius 2 is 1.84 bits per heavy atom. The molecule has 1 aliphatic heterocycles. The third-order valence-corrected chi connectivity index (χ3v) is 4.32. The van der Waals surface area contributed by atoms with E-state index in [2.05, 4.69) is 0 Å². The van der Waals surface area contributed by atoms with Crippen LogP contribution in [-0.4, -0.2) is 55.5 Å². The molecule has 1 aromatic carbocycles. The highest BCUT2D eigenvalue weighted by Gasteiger charge is 2.35. The summed E-state index contributed by atoms with van der Waals surface area (Å²) in [5.74, 6) is -0.0476. The number of ether oxygens (including phenoxy) is 3. The molecule has 10 heteroatoms.